The largest absolute Gasteiger partial charge is 0.449 e. The molecule has 6 heteroatoms. The molecule has 2 heterocycles. The van der Waals surface area contributed by atoms with Crippen molar-refractivity contribution in [1.82, 2.24) is 4.98 Å². The second kappa shape index (κ2) is 5.88. The van der Waals surface area contributed by atoms with Crippen LogP contribution in [0.1, 0.15) is 13.8 Å². The van der Waals surface area contributed by atoms with Gasteiger partial charge in [0, 0.05) is 42.9 Å². The van der Waals surface area contributed by atoms with Crippen molar-refractivity contribution in [3.05, 3.63) is 42.7 Å². The van der Waals surface area contributed by atoms with Crippen molar-refractivity contribution in [3.63, 3.8) is 0 Å². The summed E-state index contributed by atoms with van der Waals surface area (Å²) >= 11 is 1.46. The smallest absolute Gasteiger partial charge is 0.246 e. The van der Waals surface area contributed by atoms with Crippen LogP contribution in [-0.4, -0.2) is 22.4 Å². The van der Waals surface area contributed by atoms with Crippen LogP contribution in [0.15, 0.2) is 47.6 Å². The van der Waals surface area contributed by atoms with E-state index < -0.39 is 5.79 Å². The van der Waals surface area contributed by atoms with E-state index in [1.54, 1.807) is 30.6 Å². The van der Waals surface area contributed by atoms with Crippen LogP contribution in [-0.2, 0) is 4.79 Å². The predicted molar refractivity (Wildman–Crippen MR) is 85.4 cm³/mol. The minimum absolute atomic E-state index is 0.0695. The summed E-state index contributed by atoms with van der Waals surface area (Å²) in [6.07, 6.45) is 3.42. The first kappa shape index (κ1) is 14.7. The molecule has 0 saturated heterocycles. The number of carbonyl (C=O) groups is 1. The van der Waals surface area contributed by atoms with Crippen LogP contribution >= 0.6 is 11.8 Å². The maximum absolute atomic E-state index is 12.0. The number of carbonyl (C=O) groups excluding carboxylic acids is 1. The molecule has 0 saturated carbocycles. The summed E-state index contributed by atoms with van der Waals surface area (Å²) in [6.45, 7) is 3.69. The number of nitrogens with zero attached hydrogens (tertiary/aromatic N) is 1. The first-order valence-corrected chi connectivity index (χ1v) is 7.85. The Morgan fingerprint density at radius 2 is 1.91 bits per heavy atom. The van der Waals surface area contributed by atoms with Gasteiger partial charge in [-0.05, 0) is 24.3 Å². The molecule has 0 spiro atoms. The number of amides is 1. The molecular formula is C16H16N2O3S. The maximum Gasteiger partial charge on any atom is 0.246 e. The minimum Gasteiger partial charge on any atom is -0.449 e. The SMILES string of the molecule is CC1(C)Oc2ccc(NC(=O)CSc3ccncc3)cc2O1. The lowest BCUT2D eigenvalue weighted by molar-refractivity contribution is -0.113. The van der Waals surface area contributed by atoms with Gasteiger partial charge in [0.2, 0.25) is 11.7 Å². The van der Waals surface area contributed by atoms with Crippen LogP contribution < -0.4 is 14.8 Å². The summed E-state index contributed by atoms with van der Waals surface area (Å²) in [4.78, 5) is 17.0. The quantitative estimate of drug-likeness (QED) is 0.877. The van der Waals surface area contributed by atoms with Crippen LogP contribution in [0.3, 0.4) is 0 Å². The van der Waals surface area contributed by atoms with Gasteiger partial charge in [0.25, 0.3) is 0 Å². The number of hydrogen-bond donors (Lipinski definition) is 1. The van der Waals surface area contributed by atoms with Crippen molar-refractivity contribution >= 4 is 23.4 Å². The molecule has 22 heavy (non-hydrogen) atoms. The fourth-order valence-corrected chi connectivity index (χ4v) is 2.76. The highest BCUT2D eigenvalue weighted by Crippen LogP contribution is 2.40. The van der Waals surface area contributed by atoms with Crippen molar-refractivity contribution in [3.8, 4) is 11.5 Å². The lowest BCUT2D eigenvalue weighted by Crippen LogP contribution is -2.29. The summed E-state index contributed by atoms with van der Waals surface area (Å²) in [5.41, 5.74) is 0.695. The Morgan fingerprint density at radius 3 is 2.68 bits per heavy atom. The Hall–Kier alpha value is -2.21. The fourth-order valence-electron chi connectivity index (χ4n) is 2.08. The Labute approximate surface area is 133 Å². The van der Waals surface area contributed by atoms with Crippen LogP contribution in [0.25, 0.3) is 0 Å². The zero-order valence-corrected chi connectivity index (χ0v) is 13.1. The molecule has 0 radical (unpaired) electrons. The standard InChI is InChI=1S/C16H16N2O3S/c1-16(2)20-13-4-3-11(9-14(13)21-16)18-15(19)10-22-12-5-7-17-8-6-12/h3-9H,10H2,1-2H3,(H,18,19). The van der Waals surface area contributed by atoms with E-state index in [4.69, 9.17) is 9.47 Å². The number of aromatic nitrogens is 1. The topological polar surface area (TPSA) is 60.5 Å². The van der Waals surface area contributed by atoms with Crippen LogP contribution in [0.4, 0.5) is 5.69 Å². The normalized spacial score (nSPS) is 14.6. The molecule has 1 aromatic carbocycles. The molecule has 0 bridgehead atoms. The summed E-state index contributed by atoms with van der Waals surface area (Å²) < 4.78 is 11.3. The van der Waals surface area contributed by atoms with Gasteiger partial charge in [-0.2, -0.15) is 0 Å². The summed E-state index contributed by atoms with van der Waals surface area (Å²) in [5.74, 6) is 0.935. The van der Waals surface area contributed by atoms with Crippen LogP contribution in [0.5, 0.6) is 11.5 Å². The van der Waals surface area contributed by atoms with E-state index in [0.717, 1.165) is 4.90 Å². The summed E-state index contributed by atoms with van der Waals surface area (Å²) in [6, 6.07) is 9.13. The Kier molecular flexibility index (Phi) is 3.94. The highest BCUT2D eigenvalue weighted by molar-refractivity contribution is 8.00. The van der Waals surface area contributed by atoms with E-state index >= 15 is 0 Å². The molecular weight excluding hydrogens is 300 g/mol. The Balaban J connectivity index is 1.59. The molecule has 0 fully saturated rings. The molecule has 2 aromatic rings. The first-order valence-electron chi connectivity index (χ1n) is 6.87. The molecule has 0 aliphatic carbocycles. The van der Waals surface area contributed by atoms with Gasteiger partial charge in [0.1, 0.15) is 0 Å². The second-order valence-corrected chi connectivity index (χ2v) is 6.33. The molecule has 1 aromatic heterocycles. The van der Waals surface area contributed by atoms with E-state index in [1.165, 1.54) is 11.8 Å². The van der Waals surface area contributed by atoms with E-state index in [9.17, 15) is 4.79 Å². The van der Waals surface area contributed by atoms with Gasteiger partial charge < -0.3 is 14.8 Å². The lowest BCUT2D eigenvalue weighted by atomic mass is 10.3. The maximum atomic E-state index is 12.0. The van der Waals surface area contributed by atoms with E-state index in [2.05, 4.69) is 10.3 Å². The van der Waals surface area contributed by atoms with E-state index in [0.29, 0.717) is 22.9 Å². The van der Waals surface area contributed by atoms with Crippen molar-refractivity contribution < 1.29 is 14.3 Å². The first-order chi connectivity index (χ1) is 10.5. The van der Waals surface area contributed by atoms with Crippen molar-refractivity contribution in [2.45, 2.75) is 24.5 Å². The fraction of sp³-hybridized carbons (Fsp3) is 0.250. The van der Waals surface area contributed by atoms with Crippen LogP contribution in [0, 0.1) is 0 Å². The van der Waals surface area contributed by atoms with Gasteiger partial charge in [0.15, 0.2) is 11.5 Å². The summed E-state index contributed by atoms with van der Waals surface area (Å²) in [7, 11) is 0. The molecule has 0 atom stereocenters. The summed E-state index contributed by atoms with van der Waals surface area (Å²) in [5, 5.41) is 2.86. The van der Waals surface area contributed by atoms with Crippen LogP contribution in [0.2, 0.25) is 0 Å². The lowest BCUT2D eigenvalue weighted by Gasteiger charge is -2.16. The van der Waals surface area contributed by atoms with Gasteiger partial charge in [0.05, 0.1) is 5.75 Å². The average molecular weight is 316 g/mol. The third-order valence-corrected chi connectivity index (χ3v) is 3.97. The highest BCUT2D eigenvalue weighted by Gasteiger charge is 2.31. The molecule has 1 aliphatic rings. The van der Waals surface area contributed by atoms with E-state index in [1.807, 2.05) is 26.0 Å². The minimum atomic E-state index is -0.665. The third-order valence-electron chi connectivity index (χ3n) is 2.96. The van der Waals surface area contributed by atoms with Crippen molar-refractivity contribution in [2.24, 2.45) is 0 Å². The highest BCUT2D eigenvalue weighted by atomic mass is 32.2. The molecule has 3 rings (SSSR count). The monoisotopic (exact) mass is 316 g/mol. The molecule has 114 valence electrons. The number of rotatable bonds is 4. The number of ether oxygens (including phenoxy) is 2. The molecule has 1 N–H and O–H groups in total. The van der Waals surface area contributed by atoms with Gasteiger partial charge in [-0.15, -0.1) is 11.8 Å². The van der Waals surface area contributed by atoms with Gasteiger partial charge >= 0.3 is 0 Å². The number of nitrogens with one attached hydrogen (secondary N) is 1. The molecule has 1 aliphatic heterocycles. The van der Waals surface area contributed by atoms with Gasteiger partial charge in [-0.25, -0.2) is 0 Å². The Bertz CT molecular complexity index is 689. The Morgan fingerprint density at radius 1 is 1.18 bits per heavy atom. The van der Waals surface area contributed by atoms with Gasteiger partial charge in [-0.1, -0.05) is 0 Å². The number of anilines is 1. The number of thioether (sulfide) groups is 1. The molecule has 0 unspecified atom stereocenters. The van der Waals surface area contributed by atoms with Gasteiger partial charge in [-0.3, -0.25) is 9.78 Å². The van der Waals surface area contributed by atoms with Crippen molar-refractivity contribution in [2.75, 3.05) is 11.1 Å². The number of hydrogen-bond acceptors (Lipinski definition) is 5. The third kappa shape index (κ3) is 3.51. The molecule has 5 nitrogen and oxygen atoms in total. The average Bonchev–Trinajstić information content (AvgIpc) is 2.79. The van der Waals surface area contributed by atoms with Crippen molar-refractivity contribution in [1.29, 1.82) is 0 Å². The number of pyridine rings is 1. The van der Waals surface area contributed by atoms with E-state index in [-0.39, 0.29) is 5.91 Å². The zero-order valence-electron chi connectivity index (χ0n) is 12.3. The second-order valence-electron chi connectivity index (χ2n) is 5.29. The predicted octanol–water partition coefficient (Wildman–Crippen LogP) is 3.32. The zero-order chi connectivity index (χ0) is 15.6. The molecule has 1 amide bonds. The number of fused-ring (bicyclic) bond motifs is 1. The number of benzene rings is 1.